The van der Waals surface area contributed by atoms with Crippen LogP contribution in [0.15, 0.2) is 11.8 Å². The topological polar surface area (TPSA) is 55.2 Å². The van der Waals surface area contributed by atoms with Crippen LogP contribution in [-0.4, -0.2) is 5.11 Å². The van der Waals surface area contributed by atoms with Gasteiger partial charge in [-0.05, 0) is 19.4 Å². The normalized spacial score (nSPS) is 5.67. The van der Waals surface area contributed by atoms with Gasteiger partial charge in [-0.1, -0.05) is 0 Å². The third-order valence-electron chi connectivity index (χ3n) is 0.258. The highest BCUT2D eigenvalue weighted by atomic mass is 16.2. The summed E-state index contributed by atoms with van der Waals surface area (Å²) in [5.41, 5.74) is 0.935. The van der Waals surface area contributed by atoms with Crippen LogP contribution in [0.3, 0.4) is 0 Å². The van der Waals surface area contributed by atoms with E-state index in [9.17, 15) is 0 Å². The molecule has 0 heterocycles. The van der Waals surface area contributed by atoms with Crippen molar-refractivity contribution in [3.8, 4) is 0 Å². The Labute approximate surface area is 38.1 Å². The molecule has 0 spiro atoms. The van der Waals surface area contributed by atoms with Crippen molar-refractivity contribution < 1.29 is 5.11 Å². The Hall–Kier alpha value is -0.500. The fourth-order valence-corrected chi connectivity index (χ4v) is 0. The molecule has 0 aliphatic heterocycles. The van der Waals surface area contributed by atoms with Crippen LogP contribution < -0.4 is 6.15 Å². The van der Waals surface area contributed by atoms with Gasteiger partial charge in [-0.15, -0.1) is 0 Å². The SMILES string of the molecule is CC(C)=CO.N. The van der Waals surface area contributed by atoms with Gasteiger partial charge in [-0.25, -0.2) is 0 Å². The van der Waals surface area contributed by atoms with E-state index in [4.69, 9.17) is 5.11 Å². The quantitative estimate of drug-likeness (QED) is 0.443. The van der Waals surface area contributed by atoms with Crippen molar-refractivity contribution in [2.24, 2.45) is 0 Å². The smallest absolute Gasteiger partial charge is 0.0778 e. The Morgan fingerprint density at radius 3 is 1.67 bits per heavy atom. The summed E-state index contributed by atoms with van der Waals surface area (Å²) in [6, 6.07) is 0. The lowest BCUT2D eigenvalue weighted by atomic mass is 10.4. The van der Waals surface area contributed by atoms with Gasteiger partial charge in [0.05, 0.1) is 6.26 Å². The molecule has 0 atom stereocenters. The van der Waals surface area contributed by atoms with E-state index < -0.39 is 0 Å². The molecule has 0 unspecified atom stereocenters. The van der Waals surface area contributed by atoms with Crippen LogP contribution in [0.25, 0.3) is 0 Å². The Kier molecular flexibility index (Phi) is 6.82. The van der Waals surface area contributed by atoms with Gasteiger partial charge in [0.25, 0.3) is 0 Å². The Bertz CT molecular complexity index is 45.5. The number of aliphatic hydroxyl groups is 1. The zero-order chi connectivity index (χ0) is 4.28. The van der Waals surface area contributed by atoms with Gasteiger partial charge in [0.1, 0.15) is 0 Å². The molecular formula is C4H11NO. The maximum Gasteiger partial charge on any atom is 0.0778 e. The lowest BCUT2D eigenvalue weighted by Crippen LogP contribution is -1.56. The first-order valence-electron chi connectivity index (χ1n) is 1.55. The molecular weight excluding hydrogens is 78.0 g/mol. The second-order valence-electron chi connectivity index (χ2n) is 1.21. The first kappa shape index (κ1) is 9.09. The first-order chi connectivity index (χ1) is 2.27. The monoisotopic (exact) mass is 89.1 g/mol. The van der Waals surface area contributed by atoms with Crippen LogP contribution in [0.5, 0.6) is 0 Å². The third kappa shape index (κ3) is 9.72. The molecule has 2 heteroatoms. The van der Waals surface area contributed by atoms with Gasteiger partial charge in [-0.2, -0.15) is 0 Å². The van der Waals surface area contributed by atoms with Crippen molar-refractivity contribution in [2.45, 2.75) is 13.8 Å². The number of hydrogen-bond donors (Lipinski definition) is 2. The largest absolute Gasteiger partial charge is 0.516 e. The summed E-state index contributed by atoms with van der Waals surface area (Å²) in [6.07, 6.45) is 1.08. The number of allylic oxidation sites excluding steroid dienone is 1. The van der Waals surface area contributed by atoms with E-state index in [1.807, 2.05) is 13.8 Å². The second kappa shape index (κ2) is 4.50. The molecule has 0 bridgehead atoms. The van der Waals surface area contributed by atoms with Gasteiger partial charge in [0, 0.05) is 0 Å². The van der Waals surface area contributed by atoms with Gasteiger partial charge >= 0.3 is 0 Å². The molecule has 0 aromatic carbocycles. The van der Waals surface area contributed by atoms with Gasteiger partial charge in [0.15, 0.2) is 0 Å². The predicted octanol–water partition coefficient (Wildman–Crippen LogP) is 1.63. The maximum atomic E-state index is 7.98. The second-order valence-corrected chi connectivity index (χ2v) is 1.21. The number of aliphatic hydroxyl groups excluding tert-OH is 1. The highest BCUT2D eigenvalue weighted by molar-refractivity contribution is 4.84. The summed E-state index contributed by atoms with van der Waals surface area (Å²) in [5, 5.41) is 7.98. The molecule has 0 amide bonds. The summed E-state index contributed by atoms with van der Waals surface area (Å²) in [4.78, 5) is 0. The zero-order valence-corrected chi connectivity index (χ0v) is 4.23. The van der Waals surface area contributed by atoms with Crippen molar-refractivity contribution in [3.05, 3.63) is 11.8 Å². The summed E-state index contributed by atoms with van der Waals surface area (Å²) in [6.45, 7) is 3.67. The number of rotatable bonds is 0. The third-order valence-corrected chi connectivity index (χ3v) is 0.258. The van der Waals surface area contributed by atoms with Crippen molar-refractivity contribution in [3.63, 3.8) is 0 Å². The lowest BCUT2D eigenvalue weighted by Gasteiger charge is -1.73. The van der Waals surface area contributed by atoms with E-state index >= 15 is 0 Å². The minimum atomic E-state index is 0. The van der Waals surface area contributed by atoms with Crippen molar-refractivity contribution in [1.82, 2.24) is 6.15 Å². The maximum absolute atomic E-state index is 7.98. The molecule has 0 aromatic heterocycles. The highest BCUT2D eigenvalue weighted by Gasteiger charge is 1.62. The average Bonchev–Trinajstić information content (AvgIpc) is 1.38. The average molecular weight is 89.1 g/mol. The Morgan fingerprint density at radius 1 is 1.50 bits per heavy atom. The van der Waals surface area contributed by atoms with Crippen LogP contribution in [0.4, 0.5) is 0 Å². The molecule has 4 N–H and O–H groups in total. The molecule has 0 saturated heterocycles. The van der Waals surface area contributed by atoms with E-state index in [2.05, 4.69) is 0 Å². The van der Waals surface area contributed by atoms with E-state index in [1.54, 1.807) is 0 Å². The Balaban J connectivity index is 0. The van der Waals surface area contributed by atoms with E-state index in [0.29, 0.717) is 0 Å². The molecule has 0 aromatic rings. The van der Waals surface area contributed by atoms with Gasteiger partial charge < -0.3 is 11.3 Å². The van der Waals surface area contributed by atoms with Crippen LogP contribution in [-0.2, 0) is 0 Å². The molecule has 0 rings (SSSR count). The molecule has 2 nitrogen and oxygen atoms in total. The molecule has 38 valence electrons. The van der Waals surface area contributed by atoms with Crippen molar-refractivity contribution >= 4 is 0 Å². The van der Waals surface area contributed by atoms with Crippen LogP contribution in [0.1, 0.15) is 13.8 Å². The van der Waals surface area contributed by atoms with Crippen LogP contribution >= 0.6 is 0 Å². The summed E-state index contributed by atoms with van der Waals surface area (Å²) < 4.78 is 0. The van der Waals surface area contributed by atoms with Crippen molar-refractivity contribution in [2.75, 3.05) is 0 Å². The van der Waals surface area contributed by atoms with Gasteiger partial charge in [-0.3, -0.25) is 0 Å². The minimum absolute atomic E-state index is 0. The fourth-order valence-electron chi connectivity index (χ4n) is 0. The summed E-state index contributed by atoms with van der Waals surface area (Å²) in [7, 11) is 0. The molecule has 6 heavy (non-hydrogen) atoms. The lowest BCUT2D eigenvalue weighted by molar-refractivity contribution is 0.467. The van der Waals surface area contributed by atoms with E-state index in [0.717, 1.165) is 11.8 Å². The first-order valence-corrected chi connectivity index (χ1v) is 1.55. The number of hydrogen-bond acceptors (Lipinski definition) is 2. The molecule has 0 fully saturated rings. The standard InChI is InChI=1S/C4H8O.H3N/c1-4(2)3-5;/h3,5H,1-2H3;1H3. The molecule has 0 saturated carbocycles. The zero-order valence-electron chi connectivity index (χ0n) is 4.23. The molecule has 0 radical (unpaired) electrons. The highest BCUT2D eigenvalue weighted by Crippen LogP contribution is 1.80. The predicted molar refractivity (Wildman–Crippen MR) is 27.1 cm³/mol. The van der Waals surface area contributed by atoms with E-state index in [1.165, 1.54) is 0 Å². The molecule has 0 aliphatic carbocycles. The van der Waals surface area contributed by atoms with Gasteiger partial charge in [0.2, 0.25) is 0 Å². The van der Waals surface area contributed by atoms with Crippen molar-refractivity contribution in [1.29, 1.82) is 0 Å². The van der Waals surface area contributed by atoms with Crippen LogP contribution in [0, 0.1) is 0 Å². The van der Waals surface area contributed by atoms with E-state index in [-0.39, 0.29) is 6.15 Å². The fraction of sp³-hybridized carbons (Fsp3) is 0.500. The Morgan fingerprint density at radius 2 is 1.67 bits per heavy atom. The molecule has 0 aliphatic rings. The minimum Gasteiger partial charge on any atom is -0.516 e. The summed E-state index contributed by atoms with van der Waals surface area (Å²) >= 11 is 0. The van der Waals surface area contributed by atoms with Crippen LogP contribution in [0.2, 0.25) is 0 Å². The summed E-state index contributed by atoms with van der Waals surface area (Å²) in [5.74, 6) is 0.